The van der Waals surface area contributed by atoms with Gasteiger partial charge in [-0.1, -0.05) is 12.8 Å². The van der Waals surface area contributed by atoms with Gasteiger partial charge in [-0.3, -0.25) is 9.48 Å². The monoisotopic (exact) mass is 517 g/mol. The molecule has 12 heteroatoms. The lowest BCUT2D eigenvalue weighted by molar-refractivity contribution is -0.138. The average Bonchev–Trinajstić information content (AvgIpc) is 3.42. The van der Waals surface area contributed by atoms with Gasteiger partial charge in [0.25, 0.3) is 0 Å². The highest BCUT2D eigenvalue weighted by Gasteiger charge is 2.39. The predicted molar refractivity (Wildman–Crippen MR) is 120 cm³/mol. The van der Waals surface area contributed by atoms with E-state index in [1.165, 1.54) is 17.9 Å². The molecule has 7 nitrogen and oxygen atoms in total. The van der Waals surface area contributed by atoms with Crippen LogP contribution in [-0.2, 0) is 34.0 Å². The molecule has 0 spiro atoms. The molecule has 1 heterocycles. The molecule has 34 heavy (non-hydrogen) atoms. The molecule has 2 aliphatic carbocycles. The number of halogens is 3. The zero-order valence-corrected chi connectivity index (χ0v) is 20.3. The summed E-state index contributed by atoms with van der Waals surface area (Å²) in [4.78, 5) is 10.7. The fourth-order valence-corrected chi connectivity index (χ4v) is 7.26. The molecule has 1 fully saturated rings. The molecule has 2 aromatic rings. The van der Waals surface area contributed by atoms with Crippen molar-refractivity contribution in [1.29, 1.82) is 0 Å². The van der Waals surface area contributed by atoms with Crippen molar-refractivity contribution in [3.8, 4) is 0 Å². The number of fused-ring (bicyclic) bond motifs is 1. The first-order valence-electron chi connectivity index (χ1n) is 11.1. The number of alkyl halides is 3. The van der Waals surface area contributed by atoms with E-state index in [1.54, 1.807) is 0 Å². The number of hydrogen-bond donors (Lipinski definition) is 2. The third-order valence-corrected chi connectivity index (χ3v) is 9.38. The molecule has 0 bridgehead atoms. The topological polar surface area (TPSA) is 92.5 Å². The minimum atomic E-state index is -4.70. The number of aromatic nitrogens is 2. The van der Waals surface area contributed by atoms with Crippen molar-refractivity contribution in [3.63, 3.8) is 0 Å². The summed E-state index contributed by atoms with van der Waals surface area (Å²) in [6.45, 7) is -0.350. The molecule has 0 radical (unpaired) electrons. The van der Waals surface area contributed by atoms with Crippen LogP contribution in [0.1, 0.15) is 72.9 Å². The van der Waals surface area contributed by atoms with Crippen molar-refractivity contribution in [2.45, 2.75) is 79.4 Å². The summed E-state index contributed by atoms with van der Waals surface area (Å²) in [5.74, 6) is -1.23. The average molecular weight is 518 g/mol. The third kappa shape index (κ3) is 4.59. The summed E-state index contributed by atoms with van der Waals surface area (Å²) >= 11 is 4.42. The van der Waals surface area contributed by atoms with Gasteiger partial charge in [0.2, 0.25) is 10.0 Å². The summed E-state index contributed by atoms with van der Waals surface area (Å²) in [6.07, 6.45) is 1.46. The van der Waals surface area contributed by atoms with E-state index in [4.69, 9.17) is 5.11 Å². The Morgan fingerprint density at radius 1 is 1.21 bits per heavy atom. The second-order valence-electron chi connectivity index (χ2n) is 8.92. The minimum Gasteiger partial charge on any atom is -0.480 e. The Bertz CT molecular complexity index is 1200. The highest BCUT2D eigenvalue weighted by molar-refractivity contribution is 7.90. The number of carboxylic acid groups (broad SMARTS) is 1. The number of carboxylic acids is 1. The maximum atomic E-state index is 13.7. The van der Waals surface area contributed by atoms with Crippen LogP contribution >= 0.6 is 12.6 Å². The number of benzene rings is 1. The van der Waals surface area contributed by atoms with Gasteiger partial charge in [0.05, 0.1) is 22.7 Å². The first-order chi connectivity index (χ1) is 15.9. The Morgan fingerprint density at radius 2 is 1.88 bits per heavy atom. The van der Waals surface area contributed by atoms with E-state index < -0.39 is 38.7 Å². The Balaban J connectivity index is 1.77. The molecule has 0 saturated heterocycles. The van der Waals surface area contributed by atoms with Gasteiger partial charge in [-0.25, -0.2) is 8.42 Å². The minimum absolute atomic E-state index is 0.0596. The van der Waals surface area contributed by atoms with Crippen molar-refractivity contribution in [3.05, 3.63) is 40.7 Å². The Morgan fingerprint density at radius 3 is 2.50 bits per heavy atom. The normalized spacial score (nSPS) is 19.5. The van der Waals surface area contributed by atoms with Crippen LogP contribution in [0.25, 0.3) is 0 Å². The molecule has 1 aromatic heterocycles. The van der Waals surface area contributed by atoms with Crippen molar-refractivity contribution in [2.75, 3.05) is 7.05 Å². The van der Waals surface area contributed by atoms with Crippen LogP contribution in [0.15, 0.2) is 28.1 Å². The summed E-state index contributed by atoms with van der Waals surface area (Å²) in [5, 5.41) is 13.2. The smallest absolute Gasteiger partial charge is 0.416 e. The lowest BCUT2D eigenvalue weighted by Gasteiger charge is -2.31. The standard InChI is InChI=1S/C22H26F3N3O4S2/c1-27(17-7-4-8-18-16(17)11-26-28(18)12-20(29)30)34(31,32)19-10-14(22(23,24)25)9-15(21(19)33)13-5-2-3-6-13/h9-11,13,17,33H,2-8,12H2,1H3,(H,29,30)/t17-/m1/s1. The largest absolute Gasteiger partial charge is 0.480 e. The fourth-order valence-electron chi connectivity index (χ4n) is 5.10. The lowest BCUT2D eigenvalue weighted by atomic mass is 9.93. The van der Waals surface area contributed by atoms with E-state index in [1.807, 2.05) is 0 Å². The zero-order chi connectivity index (χ0) is 24.8. The van der Waals surface area contributed by atoms with Crippen LogP contribution in [-0.4, -0.2) is 40.6 Å². The van der Waals surface area contributed by atoms with Crippen LogP contribution in [0.4, 0.5) is 13.2 Å². The molecule has 2 aliphatic rings. The van der Waals surface area contributed by atoms with Gasteiger partial charge in [-0.05, 0) is 55.7 Å². The fraction of sp³-hybridized carbons (Fsp3) is 0.545. The number of aliphatic carboxylic acids is 1. The Labute approximate surface area is 201 Å². The SMILES string of the molecule is CN([C@@H]1CCCc2c1cnn2CC(=O)O)S(=O)(=O)c1cc(C(F)(F)F)cc(C2CCCC2)c1S. The number of sulfonamides is 1. The molecule has 4 rings (SSSR count). The third-order valence-electron chi connectivity index (χ3n) is 6.84. The molecular weight excluding hydrogens is 491 g/mol. The number of rotatable bonds is 6. The molecular formula is C22H26F3N3O4S2. The number of nitrogens with zero attached hydrogens (tertiary/aromatic N) is 3. The maximum absolute atomic E-state index is 13.7. The molecule has 0 aliphatic heterocycles. The van der Waals surface area contributed by atoms with E-state index in [-0.39, 0.29) is 17.4 Å². The van der Waals surface area contributed by atoms with E-state index in [9.17, 15) is 26.4 Å². The quantitative estimate of drug-likeness (QED) is 0.545. The second-order valence-corrected chi connectivity index (χ2v) is 11.3. The van der Waals surface area contributed by atoms with Gasteiger partial charge in [0.15, 0.2) is 0 Å². The highest BCUT2D eigenvalue weighted by Crippen LogP contribution is 2.44. The van der Waals surface area contributed by atoms with Gasteiger partial charge in [-0.2, -0.15) is 22.6 Å². The van der Waals surface area contributed by atoms with E-state index in [2.05, 4.69) is 17.7 Å². The molecule has 1 aromatic carbocycles. The second kappa shape index (κ2) is 9.19. The number of hydrogen-bond acceptors (Lipinski definition) is 5. The van der Waals surface area contributed by atoms with Crippen LogP contribution in [0, 0.1) is 0 Å². The van der Waals surface area contributed by atoms with Gasteiger partial charge in [-0.15, -0.1) is 12.6 Å². The molecule has 0 amide bonds. The first-order valence-corrected chi connectivity index (χ1v) is 13.0. The van der Waals surface area contributed by atoms with E-state index in [0.29, 0.717) is 55.0 Å². The number of carbonyl (C=O) groups is 1. The molecule has 1 saturated carbocycles. The van der Waals surface area contributed by atoms with Gasteiger partial charge in [0.1, 0.15) is 6.54 Å². The van der Waals surface area contributed by atoms with Crippen LogP contribution in [0.2, 0.25) is 0 Å². The van der Waals surface area contributed by atoms with Crippen LogP contribution < -0.4 is 0 Å². The van der Waals surface area contributed by atoms with Crippen molar-refractivity contribution in [1.82, 2.24) is 14.1 Å². The Kier molecular flexibility index (Phi) is 6.78. The van der Waals surface area contributed by atoms with Crippen molar-refractivity contribution >= 4 is 28.6 Å². The lowest BCUT2D eigenvalue weighted by Crippen LogP contribution is -2.34. The predicted octanol–water partition coefficient (Wildman–Crippen LogP) is 4.63. The Hall–Kier alpha value is -2.05. The van der Waals surface area contributed by atoms with E-state index >= 15 is 0 Å². The van der Waals surface area contributed by atoms with Gasteiger partial charge in [0, 0.05) is 23.2 Å². The number of thiol groups is 1. The van der Waals surface area contributed by atoms with Crippen molar-refractivity contribution in [2.24, 2.45) is 0 Å². The summed E-state index contributed by atoms with van der Waals surface area (Å²) in [7, 11) is -3.02. The zero-order valence-electron chi connectivity index (χ0n) is 18.5. The van der Waals surface area contributed by atoms with Crippen molar-refractivity contribution < 1.29 is 31.5 Å². The molecule has 0 unspecified atom stereocenters. The van der Waals surface area contributed by atoms with Crippen LogP contribution in [0.3, 0.4) is 0 Å². The maximum Gasteiger partial charge on any atom is 0.416 e. The van der Waals surface area contributed by atoms with Gasteiger partial charge < -0.3 is 5.11 Å². The molecule has 1 N–H and O–H groups in total. The highest BCUT2D eigenvalue weighted by atomic mass is 32.2. The molecule has 186 valence electrons. The van der Waals surface area contributed by atoms with E-state index in [0.717, 1.165) is 23.2 Å². The summed E-state index contributed by atoms with van der Waals surface area (Å²) in [6, 6.07) is 1.03. The van der Waals surface area contributed by atoms with Crippen LogP contribution in [0.5, 0.6) is 0 Å². The summed E-state index contributed by atoms with van der Waals surface area (Å²) in [5.41, 5.74) is 0.517. The van der Waals surface area contributed by atoms with Gasteiger partial charge >= 0.3 is 12.1 Å². The summed E-state index contributed by atoms with van der Waals surface area (Å²) < 4.78 is 70.9. The first kappa shape index (κ1) is 25.1. The molecule has 1 atom stereocenters.